The number of hydrogen-bond acceptors (Lipinski definition) is 6. The van der Waals surface area contributed by atoms with E-state index in [2.05, 4.69) is 53.4 Å². The summed E-state index contributed by atoms with van der Waals surface area (Å²) in [5.41, 5.74) is 1.64. The number of pyridine rings is 1. The fourth-order valence-corrected chi connectivity index (χ4v) is 4.36. The molecule has 2 aliphatic rings. The number of halogens is 1. The van der Waals surface area contributed by atoms with E-state index in [4.69, 9.17) is 19.6 Å². The molecule has 8 nitrogen and oxygen atoms in total. The minimum Gasteiger partial charge on any atom is -0.446 e. The Labute approximate surface area is 191 Å². The van der Waals surface area contributed by atoms with Crippen LogP contribution in [0.2, 0.25) is 0 Å². The third-order valence-corrected chi connectivity index (χ3v) is 6.31. The molecule has 31 heavy (non-hydrogen) atoms. The minimum absolute atomic E-state index is 0.0768. The van der Waals surface area contributed by atoms with Gasteiger partial charge in [-0.3, -0.25) is 0 Å². The Morgan fingerprint density at radius 2 is 2.10 bits per heavy atom. The summed E-state index contributed by atoms with van der Waals surface area (Å²) in [7, 11) is 0. The molecule has 2 N–H and O–H groups in total. The first-order valence-corrected chi connectivity index (χ1v) is 11.6. The first-order valence-electron chi connectivity index (χ1n) is 10.8. The van der Waals surface area contributed by atoms with Gasteiger partial charge in [0.05, 0.1) is 23.5 Å². The Bertz CT molecular complexity index is 940. The molecule has 1 fully saturated rings. The van der Waals surface area contributed by atoms with Crippen molar-refractivity contribution >= 4 is 33.7 Å². The molecule has 3 heterocycles. The molecular weight excluding hydrogens is 462 g/mol. The van der Waals surface area contributed by atoms with Gasteiger partial charge in [-0.15, -0.1) is 0 Å². The lowest BCUT2D eigenvalue weighted by Crippen LogP contribution is -2.29. The molecule has 1 aliphatic heterocycles. The second kappa shape index (κ2) is 9.16. The van der Waals surface area contributed by atoms with Gasteiger partial charge in [-0.05, 0) is 74.5 Å². The monoisotopic (exact) mass is 491 g/mol. The molecule has 6 bridgehead atoms. The molecule has 0 aromatic carbocycles. The van der Waals surface area contributed by atoms with Crippen LogP contribution in [-0.4, -0.2) is 40.1 Å². The first-order chi connectivity index (χ1) is 14.8. The number of nitrogens with zero attached hydrogens (tertiary/aromatic N) is 3. The van der Waals surface area contributed by atoms with Crippen LogP contribution < -0.4 is 10.6 Å². The molecule has 4 rings (SSSR count). The van der Waals surface area contributed by atoms with Crippen LogP contribution in [0, 0.1) is 0 Å². The van der Waals surface area contributed by atoms with Crippen LogP contribution >= 0.6 is 15.9 Å². The van der Waals surface area contributed by atoms with Gasteiger partial charge in [0.25, 0.3) is 0 Å². The summed E-state index contributed by atoms with van der Waals surface area (Å²) < 4.78 is 14.3. The van der Waals surface area contributed by atoms with Gasteiger partial charge in [0, 0.05) is 29.6 Å². The Balaban J connectivity index is 1.66. The van der Waals surface area contributed by atoms with Gasteiger partial charge in [-0.1, -0.05) is 0 Å². The standard InChI is InChI=1S/C22H30BrN5O3/c1-22(2,3)28-20-12-17(27-28)14-5-6-15(11-14)31-21(29)24-9-4-10-30-13-18-16(23)7-8-19(25-18)26-20/h7-8,12,14-15H,4-6,9-11,13H2,1-3H3,(H,24,29)(H,25,26)/t14-,15+/m0/s1. The zero-order chi connectivity index (χ0) is 22.0. The Hall–Kier alpha value is -2.13. The number of amides is 1. The Kier molecular flexibility index (Phi) is 6.52. The number of ether oxygens (including phenoxy) is 2. The van der Waals surface area contributed by atoms with Crippen molar-refractivity contribution in [2.45, 2.75) is 70.6 Å². The summed E-state index contributed by atoms with van der Waals surface area (Å²) in [6.45, 7) is 7.81. The maximum Gasteiger partial charge on any atom is 0.407 e. The van der Waals surface area contributed by atoms with Gasteiger partial charge in [0.1, 0.15) is 17.7 Å². The van der Waals surface area contributed by atoms with Crippen LogP contribution in [0.25, 0.3) is 0 Å². The van der Waals surface area contributed by atoms with E-state index in [1.807, 2.05) is 16.8 Å². The summed E-state index contributed by atoms with van der Waals surface area (Å²) in [5, 5.41) is 11.2. The molecule has 0 saturated heterocycles. The van der Waals surface area contributed by atoms with E-state index in [1.165, 1.54) is 0 Å². The fraction of sp³-hybridized carbons (Fsp3) is 0.591. The van der Waals surface area contributed by atoms with E-state index in [9.17, 15) is 4.79 Å². The summed E-state index contributed by atoms with van der Waals surface area (Å²) in [6, 6.07) is 6.02. The molecule has 2 aromatic heterocycles. The molecule has 168 valence electrons. The highest BCUT2D eigenvalue weighted by molar-refractivity contribution is 9.10. The van der Waals surface area contributed by atoms with Gasteiger partial charge in [-0.25, -0.2) is 14.5 Å². The SMILES string of the molecule is CC(C)(C)n1nc2cc1Nc1ccc(Br)c(n1)COCCCNC(=O)O[C@@H]1CC[C@H]2C1. The third-order valence-electron chi connectivity index (χ3n) is 5.59. The highest BCUT2D eigenvalue weighted by Gasteiger charge is 2.32. The number of fused-ring (bicyclic) bond motifs is 7. The van der Waals surface area contributed by atoms with Gasteiger partial charge in [-0.2, -0.15) is 5.10 Å². The number of anilines is 2. The van der Waals surface area contributed by atoms with E-state index in [0.29, 0.717) is 26.2 Å². The quantitative estimate of drug-likeness (QED) is 0.548. The predicted molar refractivity (Wildman–Crippen MR) is 122 cm³/mol. The van der Waals surface area contributed by atoms with Gasteiger partial charge in [0.15, 0.2) is 0 Å². The summed E-state index contributed by atoms with van der Waals surface area (Å²) in [4.78, 5) is 16.9. The molecule has 1 amide bonds. The van der Waals surface area contributed by atoms with Crippen LogP contribution in [0.4, 0.5) is 16.4 Å². The van der Waals surface area contributed by atoms with Crippen molar-refractivity contribution in [3.63, 3.8) is 0 Å². The van der Waals surface area contributed by atoms with Gasteiger partial charge < -0.3 is 20.1 Å². The second-order valence-corrected chi connectivity index (χ2v) is 10.0. The first kappa shape index (κ1) is 22.1. The Morgan fingerprint density at radius 1 is 1.26 bits per heavy atom. The number of aromatic nitrogens is 3. The molecule has 9 heteroatoms. The lowest BCUT2D eigenvalue weighted by molar-refractivity contribution is 0.0956. The Morgan fingerprint density at radius 3 is 2.90 bits per heavy atom. The topological polar surface area (TPSA) is 90.3 Å². The van der Waals surface area contributed by atoms with Crippen molar-refractivity contribution < 1.29 is 14.3 Å². The molecular formula is C22H30BrN5O3. The largest absolute Gasteiger partial charge is 0.446 e. The average molecular weight is 492 g/mol. The van der Waals surface area contributed by atoms with Crippen molar-refractivity contribution in [1.29, 1.82) is 0 Å². The molecule has 0 radical (unpaired) electrons. The molecule has 0 unspecified atom stereocenters. The lowest BCUT2D eigenvalue weighted by Gasteiger charge is -2.23. The molecule has 2 aromatic rings. The maximum absolute atomic E-state index is 12.1. The number of alkyl carbamates (subject to hydrolysis) is 1. The predicted octanol–water partition coefficient (Wildman–Crippen LogP) is 4.82. The van der Waals surface area contributed by atoms with Crippen LogP contribution in [0.1, 0.15) is 63.8 Å². The zero-order valence-corrected chi connectivity index (χ0v) is 19.9. The van der Waals surface area contributed by atoms with E-state index in [-0.39, 0.29) is 23.7 Å². The van der Waals surface area contributed by atoms with Crippen LogP contribution in [0.3, 0.4) is 0 Å². The van der Waals surface area contributed by atoms with Crippen molar-refractivity contribution in [3.05, 3.63) is 34.1 Å². The average Bonchev–Trinajstić information content (AvgIpc) is 3.33. The molecule has 1 aliphatic carbocycles. The maximum atomic E-state index is 12.1. The highest BCUT2D eigenvalue weighted by atomic mass is 79.9. The number of rotatable bonds is 0. The third kappa shape index (κ3) is 5.38. The number of carbonyl (C=O) groups is 1. The van der Waals surface area contributed by atoms with E-state index >= 15 is 0 Å². The smallest absolute Gasteiger partial charge is 0.407 e. The molecule has 2 atom stereocenters. The fourth-order valence-electron chi connectivity index (χ4n) is 4.03. The highest BCUT2D eigenvalue weighted by Crippen LogP contribution is 2.38. The molecule has 1 saturated carbocycles. The van der Waals surface area contributed by atoms with Crippen molar-refractivity contribution in [1.82, 2.24) is 20.1 Å². The van der Waals surface area contributed by atoms with Gasteiger partial charge in [0.2, 0.25) is 0 Å². The number of nitrogens with one attached hydrogen (secondary N) is 2. The summed E-state index contributed by atoms with van der Waals surface area (Å²) in [6.07, 6.45) is 2.87. The van der Waals surface area contributed by atoms with E-state index in [1.54, 1.807) is 0 Å². The normalized spacial score (nSPS) is 22.6. The van der Waals surface area contributed by atoms with Crippen LogP contribution in [0.5, 0.6) is 0 Å². The van der Waals surface area contributed by atoms with Crippen LogP contribution in [-0.2, 0) is 21.6 Å². The minimum atomic E-state index is -0.355. The van der Waals surface area contributed by atoms with E-state index in [0.717, 1.165) is 46.8 Å². The lowest BCUT2D eigenvalue weighted by atomic mass is 10.0. The zero-order valence-electron chi connectivity index (χ0n) is 18.3. The number of carbonyl (C=O) groups excluding carboxylic acids is 1. The van der Waals surface area contributed by atoms with E-state index < -0.39 is 0 Å². The van der Waals surface area contributed by atoms with Gasteiger partial charge >= 0.3 is 6.09 Å². The van der Waals surface area contributed by atoms with Crippen molar-refractivity contribution in [3.8, 4) is 0 Å². The van der Waals surface area contributed by atoms with Crippen LogP contribution in [0.15, 0.2) is 22.7 Å². The second-order valence-electron chi connectivity index (χ2n) is 9.16. The van der Waals surface area contributed by atoms with Crippen molar-refractivity contribution in [2.24, 2.45) is 0 Å². The number of hydrogen-bond donors (Lipinski definition) is 2. The molecule has 0 spiro atoms. The van der Waals surface area contributed by atoms with Crippen molar-refractivity contribution in [2.75, 3.05) is 18.5 Å². The summed E-state index contributed by atoms with van der Waals surface area (Å²) in [5.74, 6) is 1.91. The summed E-state index contributed by atoms with van der Waals surface area (Å²) >= 11 is 3.56.